The molecule has 0 unspecified atom stereocenters. The molecule has 6 heteroatoms. The number of amides is 2. The van der Waals surface area contributed by atoms with Crippen molar-refractivity contribution >= 4 is 11.8 Å². The number of hydrogen-bond donors (Lipinski definition) is 3. The van der Waals surface area contributed by atoms with Crippen molar-refractivity contribution in [3.63, 3.8) is 0 Å². The molecule has 0 bridgehead atoms. The zero-order valence-electron chi connectivity index (χ0n) is 11.7. The number of benzene rings is 1. The molecule has 1 rings (SSSR count). The predicted molar refractivity (Wildman–Crippen MR) is 76.0 cm³/mol. The normalized spacial score (nSPS) is 9.48. The summed E-state index contributed by atoms with van der Waals surface area (Å²) in [5.41, 5.74) is 0.519. The molecule has 0 saturated heterocycles. The van der Waals surface area contributed by atoms with Crippen LogP contribution in [0.2, 0.25) is 0 Å². The molecule has 0 spiro atoms. The van der Waals surface area contributed by atoms with E-state index in [-0.39, 0.29) is 36.6 Å². The summed E-state index contributed by atoms with van der Waals surface area (Å²) >= 11 is 0. The molecular formula is C15H17FN2O3. The number of aliphatic hydroxyl groups is 1. The van der Waals surface area contributed by atoms with Crippen LogP contribution in [-0.4, -0.2) is 36.6 Å². The molecule has 0 aliphatic carbocycles. The first-order valence-corrected chi connectivity index (χ1v) is 6.46. The van der Waals surface area contributed by atoms with Crippen molar-refractivity contribution in [1.82, 2.24) is 10.6 Å². The molecule has 0 atom stereocenters. The SMILES string of the molecule is CC(=O)NCCNC(=O)c1ccc(F)cc1C#CCCO. The van der Waals surface area contributed by atoms with Gasteiger partial charge < -0.3 is 15.7 Å². The van der Waals surface area contributed by atoms with Gasteiger partial charge in [-0.05, 0) is 18.2 Å². The van der Waals surface area contributed by atoms with E-state index in [9.17, 15) is 14.0 Å². The standard InChI is InChI=1S/C15H17FN2O3/c1-11(20)17-7-8-18-15(21)14-6-5-13(16)10-12(14)4-2-3-9-19/h5-6,10,19H,3,7-9H2,1H3,(H,17,20)(H,18,21). The molecule has 0 radical (unpaired) electrons. The molecule has 0 saturated carbocycles. The van der Waals surface area contributed by atoms with E-state index in [2.05, 4.69) is 22.5 Å². The maximum Gasteiger partial charge on any atom is 0.252 e. The molecule has 0 aliphatic rings. The molecular weight excluding hydrogens is 275 g/mol. The second-order valence-electron chi connectivity index (χ2n) is 4.20. The van der Waals surface area contributed by atoms with Crippen LogP contribution in [0.4, 0.5) is 4.39 Å². The Morgan fingerprint density at radius 3 is 2.67 bits per heavy atom. The Kier molecular flexibility index (Phi) is 6.92. The Hall–Kier alpha value is -2.39. The first kappa shape index (κ1) is 16.7. The minimum absolute atomic E-state index is 0.0967. The summed E-state index contributed by atoms with van der Waals surface area (Å²) in [6, 6.07) is 3.71. The highest BCUT2D eigenvalue weighted by Crippen LogP contribution is 2.10. The fraction of sp³-hybridized carbons (Fsp3) is 0.333. The summed E-state index contributed by atoms with van der Waals surface area (Å²) in [6.45, 7) is 1.87. The third-order valence-electron chi connectivity index (χ3n) is 2.47. The Morgan fingerprint density at radius 2 is 2.00 bits per heavy atom. The molecule has 1 aromatic rings. The lowest BCUT2D eigenvalue weighted by molar-refractivity contribution is -0.118. The van der Waals surface area contributed by atoms with Gasteiger partial charge in [0, 0.05) is 32.0 Å². The quantitative estimate of drug-likeness (QED) is 0.544. The third-order valence-corrected chi connectivity index (χ3v) is 2.47. The number of carbonyl (C=O) groups excluding carboxylic acids is 2. The zero-order chi connectivity index (χ0) is 15.7. The van der Waals surface area contributed by atoms with E-state index in [1.165, 1.54) is 25.1 Å². The van der Waals surface area contributed by atoms with Gasteiger partial charge in [0.05, 0.1) is 12.2 Å². The summed E-state index contributed by atoms with van der Waals surface area (Å²) in [4.78, 5) is 22.7. The van der Waals surface area contributed by atoms with Crippen LogP contribution in [0.5, 0.6) is 0 Å². The van der Waals surface area contributed by atoms with Crippen LogP contribution in [0.25, 0.3) is 0 Å². The maximum atomic E-state index is 13.2. The van der Waals surface area contributed by atoms with E-state index < -0.39 is 11.7 Å². The smallest absolute Gasteiger partial charge is 0.252 e. The van der Waals surface area contributed by atoms with Crippen molar-refractivity contribution in [2.45, 2.75) is 13.3 Å². The van der Waals surface area contributed by atoms with Gasteiger partial charge >= 0.3 is 0 Å². The van der Waals surface area contributed by atoms with Gasteiger partial charge in [-0.1, -0.05) is 11.8 Å². The predicted octanol–water partition coefficient (Wildman–Crippen LogP) is 0.425. The number of nitrogens with one attached hydrogen (secondary N) is 2. The van der Waals surface area contributed by atoms with Gasteiger partial charge in [-0.3, -0.25) is 9.59 Å². The van der Waals surface area contributed by atoms with E-state index >= 15 is 0 Å². The molecule has 0 aliphatic heterocycles. The highest BCUT2D eigenvalue weighted by molar-refractivity contribution is 5.96. The van der Waals surface area contributed by atoms with E-state index in [0.717, 1.165) is 0 Å². The summed E-state index contributed by atoms with van der Waals surface area (Å²) in [5.74, 6) is 4.25. The average Bonchev–Trinajstić information content (AvgIpc) is 2.43. The molecule has 112 valence electrons. The zero-order valence-corrected chi connectivity index (χ0v) is 11.7. The Bertz CT molecular complexity index is 576. The van der Waals surface area contributed by atoms with Crippen LogP contribution in [0.3, 0.4) is 0 Å². The van der Waals surface area contributed by atoms with Crippen molar-refractivity contribution in [2.75, 3.05) is 19.7 Å². The van der Waals surface area contributed by atoms with Crippen molar-refractivity contribution in [3.8, 4) is 11.8 Å². The van der Waals surface area contributed by atoms with Crippen LogP contribution in [0.15, 0.2) is 18.2 Å². The average molecular weight is 292 g/mol. The lowest BCUT2D eigenvalue weighted by Gasteiger charge is -2.07. The van der Waals surface area contributed by atoms with Crippen LogP contribution >= 0.6 is 0 Å². The van der Waals surface area contributed by atoms with Crippen molar-refractivity contribution in [1.29, 1.82) is 0 Å². The van der Waals surface area contributed by atoms with Gasteiger partial charge in [0.2, 0.25) is 5.91 Å². The maximum absolute atomic E-state index is 13.2. The van der Waals surface area contributed by atoms with Crippen LogP contribution in [-0.2, 0) is 4.79 Å². The van der Waals surface area contributed by atoms with Crippen LogP contribution < -0.4 is 10.6 Å². The summed E-state index contributed by atoms with van der Waals surface area (Å²) in [7, 11) is 0. The molecule has 1 aromatic carbocycles. The second-order valence-corrected chi connectivity index (χ2v) is 4.20. The van der Waals surface area contributed by atoms with Crippen LogP contribution in [0.1, 0.15) is 29.3 Å². The number of hydrogen-bond acceptors (Lipinski definition) is 3. The minimum atomic E-state index is -0.488. The Labute approximate surface area is 122 Å². The lowest BCUT2D eigenvalue weighted by atomic mass is 10.1. The third kappa shape index (κ3) is 6.06. The molecule has 0 aromatic heterocycles. The topological polar surface area (TPSA) is 78.4 Å². The second kappa shape index (κ2) is 8.72. The molecule has 2 amide bonds. The number of rotatable bonds is 5. The summed E-state index contributed by atoms with van der Waals surface area (Å²) in [5, 5.41) is 13.8. The van der Waals surface area contributed by atoms with Gasteiger partial charge in [-0.15, -0.1) is 0 Å². The van der Waals surface area contributed by atoms with Crippen molar-refractivity contribution < 1.29 is 19.1 Å². The number of carbonyl (C=O) groups is 2. The van der Waals surface area contributed by atoms with Crippen molar-refractivity contribution in [3.05, 3.63) is 35.1 Å². The monoisotopic (exact) mass is 292 g/mol. The van der Waals surface area contributed by atoms with Gasteiger partial charge in [0.15, 0.2) is 0 Å². The summed E-state index contributed by atoms with van der Waals surface area (Å²) in [6.07, 6.45) is 0.250. The van der Waals surface area contributed by atoms with Gasteiger partial charge in [-0.2, -0.15) is 0 Å². The number of aliphatic hydroxyl groups excluding tert-OH is 1. The molecule has 21 heavy (non-hydrogen) atoms. The van der Waals surface area contributed by atoms with E-state index in [1.807, 2.05) is 0 Å². The molecule has 0 fully saturated rings. The molecule has 3 N–H and O–H groups in total. The first-order chi connectivity index (χ1) is 10.0. The summed E-state index contributed by atoms with van der Waals surface area (Å²) < 4.78 is 13.2. The fourth-order valence-electron chi connectivity index (χ4n) is 1.54. The van der Waals surface area contributed by atoms with E-state index in [1.54, 1.807) is 0 Å². The highest BCUT2D eigenvalue weighted by Gasteiger charge is 2.10. The van der Waals surface area contributed by atoms with Gasteiger partial charge in [0.25, 0.3) is 5.91 Å². The first-order valence-electron chi connectivity index (χ1n) is 6.46. The van der Waals surface area contributed by atoms with E-state index in [4.69, 9.17) is 5.11 Å². The van der Waals surface area contributed by atoms with Gasteiger partial charge in [-0.25, -0.2) is 4.39 Å². The van der Waals surface area contributed by atoms with E-state index in [0.29, 0.717) is 6.54 Å². The minimum Gasteiger partial charge on any atom is -0.395 e. The largest absolute Gasteiger partial charge is 0.395 e. The van der Waals surface area contributed by atoms with Crippen molar-refractivity contribution in [2.24, 2.45) is 0 Å². The molecule has 5 nitrogen and oxygen atoms in total. The number of halogens is 1. The van der Waals surface area contributed by atoms with Gasteiger partial charge in [0.1, 0.15) is 5.82 Å². The Balaban J connectivity index is 2.74. The Morgan fingerprint density at radius 1 is 1.29 bits per heavy atom. The van der Waals surface area contributed by atoms with Crippen LogP contribution in [0, 0.1) is 17.7 Å². The molecule has 0 heterocycles. The lowest BCUT2D eigenvalue weighted by Crippen LogP contribution is -2.33. The fourth-order valence-corrected chi connectivity index (χ4v) is 1.54. The highest BCUT2D eigenvalue weighted by atomic mass is 19.1.